The zero-order chi connectivity index (χ0) is 18.7. The monoisotopic (exact) mass is 360 g/mol. The molecule has 0 saturated heterocycles. The van der Waals surface area contributed by atoms with Crippen LogP contribution < -0.4 is 5.32 Å². The van der Waals surface area contributed by atoms with Gasteiger partial charge in [-0.05, 0) is 32.0 Å². The second-order valence-corrected chi connectivity index (χ2v) is 5.66. The van der Waals surface area contributed by atoms with E-state index < -0.39 is 11.7 Å². The summed E-state index contributed by atoms with van der Waals surface area (Å²) in [6.45, 7) is 4.01. The number of hydrogen-bond donors (Lipinski definition) is 1. The first-order valence-electron chi connectivity index (χ1n) is 7.73. The first kappa shape index (κ1) is 17.7. The van der Waals surface area contributed by atoms with Gasteiger partial charge in [-0.2, -0.15) is 18.3 Å². The van der Waals surface area contributed by atoms with Crippen LogP contribution >= 0.6 is 0 Å². The Hall–Kier alpha value is -3.10. The Kier molecular flexibility index (Phi) is 4.79. The lowest BCUT2D eigenvalue weighted by molar-refractivity contribution is -0.137. The summed E-state index contributed by atoms with van der Waals surface area (Å²) in [6, 6.07) is 6.76. The summed E-state index contributed by atoms with van der Waals surface area (Å²) < 4.78 is 38.6. The van der Waals surface area contributed by atoms with Gasteiger partial charge in [0.1, 0.15) is 5.82 Å². The summed E-state index contributed by atoms with van der Waals surface area (Å²) >= 11 is 0. The Morgan fingerprint density at radius 1 is 1.00 bits per heavy atom. The highest BCUT2D eigenvalue weighted by atomic mass is 19.4. The first-order valence-corrected chi connectivity index (χ1v) is 7.73. The zero-order valence-corrected chi connectivity index (χ0v) is 14.0. The maximum Gasteiger partial charge on any atom is 0.416 e. The number of aromatic nitrogens is 5. The number of nitrogens with one attached hydrogen (secondary N) is 1. The molecule has 26 heavy (non-hydrogen) atoms. The molecule has 0 saturated carbocycles. The Morgan fingerprint density at radius 3 is 2.42 bits per heavy atom. The molecule has 0 aliphatic rings. The first-order chi connectivity index (χ1) is 12.3. The Labute approximate surface area is 147 Å². The van der Waals surface area contributed by atoms with E-state index in [1.807, 2.05) is 19.9 Å². The van der Waals surface area contributed by atoms with Crippen LogP contribution in [0.4, 0.5) is 19.1 Å². The minimum atomic E-state index is -4.42. The number of nitrogens with zero attached hydrogens (tertiary/aromatic N) is 5. The van der Waals surface area contributed by atoms with Crippen molar-refractivity contribution in [3.05, 3.63) is 59.3 Å². The molecule has 2 heterocycles. The average Bonchev–Trinajstić information content (AvgIpc) is 2.59. The molecule has 6 nitrogen and oxygen atoms in total. The minimum absolute atomic E-state index is 0.183. The van der Waals surface area contributed by atoms with E-state index >= 15 is 0 Å². The molecule has 134 valence electrons. The zero-order valence-electron chi connectivity index (χ0n) is 14.0. The van der Waals surface area contributed by atoms with Crippen LogP contribution in [0.3, 0.4) is 0 Å². The second-order valence-electron chi connectivity index (χ2n) is 5.66. The third-order valence-electron chi connectivity index (χ3n) is 3.48. The predicted molar refractivity (Wildman–Crippen MR) is 89.1 cm³/mol. The van der Waals surface area contributed by atoms with Gasteiger partial charge in [0.15, 0.2) is 0 Å². The van der Waals surface area contributed by atoms with Gasteiger partial charge >= 0.3 is 6.18 Å². The molecular formula is C17H15F3N6. The third kappa shape index (κ3) is 4.29. The van der Waals surface area contributed by atoms with Crippen LogP contribution in [0.5, 0.6) is 0 Å². The van der Waals surface area contributed by atoms with Crippen LogP contribution in [0.1, 0.15) is 22.8 Å². The van der Waals surface area contributed by atoms with Crippen molar-refractivity contribution in [2.75, 3.05) is 5.32 Å². The molecule has 0 aliphatic carbocycles. The molecule has 0 atom stereocenters. The van der Waals surface area contributed by atoms with Gasteiger partial charge in [-0.15, -0.1) is 5.10 Å². The fourth-order valence-corrected chi connectivity index (χ4v) is 2.41. The maximum absolute atomic E-state index is 12.9. The summed E-state index contributed by atoms with van der Waals surface area (Å²) in [4.78, 5) is 12.8. The van der Waals surface area contributed by atoms with E-state index in [1.165, 1.54) is 18.3 Å². The average molecular weight is 360 g/mol. The highest BCUT2D eigenvalue weighted by molar-refractivity contribution is 5.60. The van der Waals surface area contributed by atoms with Crippen molar-refractivity contribution in [1.82, 2.24) is 25.1 Å². The maximum atomic E-state index is 12.9. The van der Waals surface area contributed by atoms with Crippen molar-refractivity contribution in [3.8, 4) is 11.3 Å². The van der Waals surface area contributed by atoms with Gasteiger partial charge in [0.05, 0.1) is 24.0 Å². The van der Waals surface area contributed by atoms with E-state index in [2.05, 4.69) is 30.5 Å². The molecule has 0 bridgehead atoms. The quantitative estimate of drug-likeness (QED) is 0.766. The van der Waals surface area contributed by atoms with Crippen molar-refractivity contribution in [1.29, 1.82) is 0 Å². The normalized spacial score (nSPS) is 11.4. The van der Waals surface area contributed by atoms with Gasteiger partial charge in [-0.25, -0.2) is 15.0 Å². The van der Waals surface area contributed by atoms with E-state index in [-0.39, 0.29) is 18.2 Å². The Morgan fingerprint density at radius 2 is 1.73 bits per heavy atom. The molecule has 0 spiro atoms. The van der Waals surface area contributed by atoms with Crippen molar-refractivity contribution < 1.29 is 13.2 Å². The van der Waals surface area contributed by atoms with E-state index in [0.29, 0.717) is 11.4 Å². The van der Waals surface area contributed by atoms with Crippen molar-refractivity contribution >= 4 is 5.95 Å². The molecule has 0 radical (unpaired) electrons. The van der Waals surface area contributed by atoms with Gasteiger partial charge in [-0.1, -0.05) is 12.1 Å². The molecule has 0 amide bonds. The lowest BCUT2D eigenvalue weighted by Crippen LogP contribution is -2.09. The standard InChI is InChI=1S/C17H15F3N6/c1-10-6-11(2)24-15(23-10)9-21-16-25-14(8-22-26-16)12-4-3-5-13(7-12)17(18,19)20/h3-8H,9H2,1-2H3,(H,21,25,26). The molecule has 0 fully saturated rings. The smallest absolute Gasteiger partial charge is 0.346 e. The molecule has 0 aliphatic heterocycles. The van der Waals surface area contributed by atoms with Crippen LogP contribution in [0.25, 0.3) is 11.3 Å². The molecule has 3 rings (SSSR count). The van der Waals surface area contributed by atoms with Crippen molar-refractivity contribution in [2.24, 2.45) is 0 Å². The third-order valence-corrected chi connectivity index (χ3v) is 3.48. The van der Waals surface area contributed by atoms with Gasteiger partial charge in [0.25, 0.3) is 0 Å². The van der Waals surface area contributed by atoms with Crippen molar-refractivity contribution in [2.45, 2.75) is 26.6 Å². The van der Waals surface area contributed by atoms with E-state index in [4.69, 9.17) is 0 Å². The highest BCUT2D eigenvalue weighted by Gasteiger charge is 2.30. The summed E-state index contributed by atoms with van der Waals surface area (Å²) in [5.41, 5.74) is 1.53. The summed E-state index contributed by atoms with van der Waals surface area (Å²) in [6.07, 6.45) is -3.11. The molecule has 1 aromatic carbocycles. The highest BCUT2D eigenvalue weighted by Crippen LogP contribution is 2.31. The van der Waals surface area contributed by atoms with Crippen LogP contribution in [0.15, 0.2) is 36.5 Å². The fourth-order valence-electron chi connectivity index (χ4n) is 2.41. The Balaban J connectivity index is 1.80. The fraction of sp³-hybridized carbons (Fsp3) is 0.235. The van der Waals surface area contributed by atoms with Gasteiger partial charge in [0, 0.05) is 17.0 Å². The Bertz CT molecular complexity index is 906. The number of halogens is 3. The van der Waals surface area contributed by atoms with Crippen LogP contribution in [0.2, 0.25) is 0 Å². The number of aryl methyl sites for hydroxylation is 2. The van der Waals surface area contributed by atoms with Crippen LogP contribution in [0, 0.1) is 13.8 Å². The number of anilines is 1. The number of rotatable bonds is 4. The molecule has 1 N–H and O–H groups in total. The van der Waals surface area contributed by atoms with Gasteiger partial charge in [0.2, 0.25) is 5.95 Å². The summed E-state index contributed by atoms with van der Waals surface area (Å²) in [7, 11) is 0. The molecule has 2 aromatic heterocycles. The number of benzene rings is 1. The molecule has 0 unspecified atom stereocenters. The number of hydrogen-bond acceptors (Lipinski definition) is 6. The van der Waals surface area contributed by atoms with Crippen LogP contribution in [-0.4, -0.2) is 25.1 Å². The SMILES string of the molecule is Cc1cc(C)nc(CNc2nncc(-c3cccc(C(F)(F)F)c3)n2)n1. The van der Waals surface area contributed by atoms with E-state index in [9.17, 15) is 13.2 Å². The molecule has 3 aromatic rings. The topological polar surface area (TPSA) is 76.5 Å². The lowest BCUT2D eigenvalue weighted by Gasteiger charge is -2.09. The van der Waals surface area contributed by atoms with Crippen molar-refractivity contribution in [3.63, 3.8) is 0 Å². The number of alkyl halides is 3. The van der Waals surface area contributed by atoms with E-state index in [0.717, 1.165) is 23.5 Å². The van der Waals surface area contributed by atoms with E-state index in [1.54, 1.807) is 0 Å². The van der Waals surface area contributed by atoms with Crippen LogP contribution in [-0.2, 0) is 12.7 Å². The molecular weight excluding hydrogens is 345 g/mol. The second kappa shape index (κ2) is 7.03. The van der Waals surface area contributed by atoms with Gasteiger partial charge in [-0.3, -0.25) is 0 Å². The van der Waals surface area contributed by atoms with Gasteiger partial charge < -0.3 is 5.32 Å². The molecule has 9 heteroatoms. The summed E-state index contributed by atoms with van der Waals surface area (Å²) in [5, 5.41) is 10.6. The predicted octanol–water partition coefficient (Wildman–Crippen LogP) is 3.58. The lowest BCUT2D eigenvalue weighted by atomic mass is 10.1. The largest absolute Gasteiger partial charge is 0.416 e. The summed E-state index contributed by atoms with van der Waals surface area (Å²) in [5.74, 6) is 0.748. The minimum Gasteiger partial charge on any atom is -0.346 e.